The summed E-state index contributed by atoms with van der Waals surface area (Å²) in [6, 6.07) is 13.9. The van der Waals surface area contributed by atoms with E-state index in [0.717, 1.165) is 56.9 Å². The van der Waals surface area contributed by atoms with E-state index in [-0.39, 0.29) is 24.0 Å². The molecule has 3 N–H and O–H groups in total. The van der Waals surface area contributed by atoms with E-state index in [2.05, 4.69) is 20.2 Å². The third kappa shape index (κ3) is 8.55. The number of guanidine groups is 1. The molecule has 158 valence electrons. The first-order valence-electron chi connectivity index (χ1n) is 9.76. The van der Waals surface area contributed by atoms with Crippen molar-refractivity contribution in [2.45, 2.75) is 19.6 Å². The molecule has 1 aromatic carbocycles. The molecule has 0 amide bonds. The molecule has 0 radical (unpaired) electrons. The second kappa shape index (κ2) is 13.3. The molecule has 1 aliphatic heterocycles. The second-order valence-electron chi connectivity index (χ2n) is 6.68. The van der Waals surface area contributed by atoms with Crippen molar-refractivity contribution in [2.75, 3.05) is 39.4 Å². The van der Waals surface area contributed by atoms with Gasteiger partial charge >= 0.3 is 0 Å². The Labute approximate surface area is 189 Å². The van der Waals surface area contributed by atoms with Gasteiger partial charge in [-0.1, -0.05) is 36.4 Å². The summed E-state index contributed by atoms with van der Waals surface area (Å²) in [4.78, 5) is 11.2. The summed E-state index contributed by atoms with van der Waals surface area (Å²) in [7, 11) is 0. The van der Waals surface area contributed by atoms with Crippen molar-refractivity contribution in [3.63, 3.8) is 0 Å². The molecule has 7 nitrogen and oxygen atoms in total. The van der Waals surface area contributed by atoms with Gasteiger partial charge in [0, 0.05) is 31.4 Å². The van der Waals surface area contributed by atoms with Crippen molar-refractivity contribution in [2.24, 2.45) is 10.7 Å². The minimum Gasteiger partial charge on any atom is -0.473 e. The number of rotatable bonds is 9. The van der Waals surface area contributed by atoms with Gasteiger partial charge in [-0.05, 0) is 24.6 Å². The summed E-state index contributed by atoms with van der Waals surface area (Å²) < 4.78 is 11.2. The summed E-state index contributed by atoms with van der Waals surface area (Å²) in [6.07, 6.45) is 2.75. The average molecular weight is 511 g/mol. The molecule has 1 aliphatic rings. The smallest absolute Gasteiger partial charge is 0.218 e. The van der Waals surface area contributed by atoms with Crippen molar-refractivity contribution < 1.29 is 9.47 Å². The maximum atomic E-state index is 6.00. The average Bonchev–Trinajstić information content (AvgIpc) is 2.76. The van der Waals surface area contributed by atoms with E-state index in [4.69, 9.17) is 15.2 Å². The van der Waals surface area contributed by atoms with Crippen molar-refractivity contribution in [3.8, 4) is 5.88 Å². The number of nitrogens with one attached hydrogen (secondary N) is 1. The zero-order valence-corrected chi connectivity index (χ0v) is 19.0. The lowest BCUT2D eigenvalue weighted by Gasteiger charge is -2.26. The van der Waals surface area contributed by atoms with E-state index in [0.29, 0.717) is 25.0 Å². The lowest BCUT2D eigenvalue weighted by Crippen LogP contribution is -2.39. The number of hydrogen-bond donors (Lipinski definition) is 2. The van der Waals surface area contributed by atoms with Gasteiger partial charge in [0.15, 0.2) is 5.96 Å². The summed E-state index contributed by atoms with van der Waals surface area (Å²) >= 11 is 0. The van der Waals surface area contributed by atoms with Gasteiger partial charge in [0.1, 0.15) is 6.61 Å². The second-order valence-corrected chi connectivity index (χ2v) is 6.68. The Morgan fingerprint density at radius 3 is 2.76 bits per heavy atom. The van der Waals surface area contributed by atoms with Crippen molar-refractivity contribution >= 4 is 29.9 Å². The number of ether oxygens (including phenoxy) is 2. The molecular weight excluding hydrogens is 481 g/mol. The molecule has 1 aromatic heterocycles. The molecule has 0 unspecified atom stereocenters. The van der Waals surface area contributed by atoms with Crippen LogP contribution in [0.3, 0.4) is 0 Å². The number of benzene rings is 1. The largest absolute Gasteiger partial charge is 0.473 e. The van der Waals surface area contributed by atoms with Crippen LogP contribution in [-0.2, 0) is 17.9 Å². The number of aromatic nitrogens is 1. The summed E-state index contributed by atoms with van der Waals surface area (Å²) in [5.74, 6) is 1.04. The lowest BCUT2D eigenvalue weighted by atomic mass is 10.2. The van der Waals surface area contributed by atoms with Crippen molar-refractivity contribution in [1.82, 2.24) is 15.2 Å². The van der Waals surface area contributed by atoms with Gasteiger partial charge < -0.3 is 20.5 Å². The summed E-state index contributed by atoms with van der Waals surface area (Å²) in [6.45, 7) is 6.44. The van der Waals surface area contributed by atoms with E-state index in [1.807, 2.05) is 42.5 Å². The van der Waals surface area contributed by atoms with Crippen LogP contribution in [0.2, 0.25) is 0 Å². The highest BCUT2D eigenvalue weighted by Crippen LogP contribution is 2.17. The SMILES string of the molecule is I.NC(=NCc1cccnc1OCc1ccccc1)NCCCN1CCOCC1. The third-order valence-corrected chi connectivity index (χ3v) is 4.55. The summed E-state index contributed by atoms with van der Waals surface area (Å²) in [5.41, 5.74) is 8.01. The zero-order valence-electron chi connectivity index (χ0n) is 16.6. The molecule has 8 heteroatoms. The molecule has 0 saturated carbocycles. The number of morpholine rings is 1. The minimum absolute atomic E-state index is 0. The van der Waals surface area contributed by atoms with E-state index in [1.165, 1.54) is 0 Å². The maximum Gasteiger partial charge on any atom is 0.218 e. The van der Waals surface area contributed by atoms with E-state index in [9.17, 15) is 0 Å². The predicted molar refractivity (Wildman–Crippen MR) is 126 cm³/mol. The molecule has 29 heavy (non-hydrogen) atoms. The molecule has 0 spiro atoms. The first kappa shape index (κ1) is 23.4. The van der Waals surface area contributed by atoms with Crippen LogP contribution in [0.15, 0.2) is 53.7 Å². The first-order chi connectivity index (χ1) is 13.8. The number of nitrogens with two attached hydrogens (primary N) is 1. The first-order valence-corrected chi connectivity index (χ1v) is 9.76. The molecule has 1 fully saturated rings. The fraction of sp³-hybridized carbons (Fsp3) is 0.429. The Hall–Kier alpha value is -1.91. The summed E-state index contributed by atoms with van der Waals surface area (Å²) in [5, 5.41) is 3.18. The Morgan fingerprint density at radius 1 is 1.17 bits per heavy atom. The number of hydrogen-bond acceptors (Lipinski definition) is 5. The Balaban J connectivity index is 0.00000300. The third-order valence-electron chi connectivity index (χ3n) is 4.55. The van der Waals surface area contributed by atoms with Crippen LogP contribution in [0.5, 0.6) is 5.88 Å². The number of aliphatic imine (C=N–C) groups is 1. The van der Waals surface area contributed by atoms with Crippen molar-refractivity contribution in [1.29, 1.82) is 0 Å². The normalized spacial score (nSPS) is 14.8. The van der Waals surface area contributed by atoms with Crippen LogP contribution < -0.4 is 15.8 Å². The van der Waals surface area contributed by atoms with Crippen LogP contribution in [0.4, 0.5) is 0 Å². The molecule has 0 aliphatic carbocycles. The number of pyridine rings is 1. The van der Waals surface area contributed by atoms with Gasteiger partial charge in [0.2, 0.25) is 5.88 Å². The Bertz CT molecular complexity index is 739. The van der Waals surface area contributed by atoms with Gasteiger partial charge in [0.25, 0.3) is 0 Å². The van der Waals surface area contributed by atoms with Crippen LogP contribution >= 0.6 is 24.0 Å². The molecule has 1 saturated heterocycles. The fourth-order valence-corrected chi connectivity index (χ4v) is 2.97. The zero-order chi connectivity index (χ0) is 19.4. The highest BCUT2D eigenvalue weighted by atomic mass is 127. The molecule has 2 heterocycles. The number of nitrogens with zero attached hydrogens (tertiary/aromatic N) is 3. The highest BCUT2D eigenvalue weighted by molar-refractivity contribution is 14.0. The van der Waals surface area contributed by atoms with Crippen LogP contribution in [-0.4, -0.2) is 55.2 Å². The van der Waals surface area contributed by atoms with E-state index >= 15 is 0 Å². The molecule has 0 atom stereocenters. The lowest BCUT2D eigenvalue weighted by molar-refractivity contribution is 0.0376. The Kier molecular flexibility index (Phi) is 10.7. The highest BCUT2D eigenvalue weighted by Gasteiger charge is 2.09. The molecule has 2 aromatic rings. The van der Waals surface area contributed by atoms with Crippen LogP contribution in [0.25, 0.3) is 0 Å². The maximum absolute atomic E-state index is 6.00. The van der Waals surface area contributed by atoms with Gasteiger partial charge in [-0.15, -0.1) is 24.0 Å². The topological polar surface area (TPSA) is 85.0 Å². The molecule has 0 bridgehead atoms. The van der Waals surface area contributed by atoms with E-state index in [1.54, 1.807) is 6.20 Å². The van der Waals surface area contributed by atoms with Gasteiger partial charge in [-0.3, -0.25) is 4.90 Å². The fourth-order valence-electron chi connectivity index (χ4n) is 2.97. The van der Waals surface area contributed by atoms with Gasteiger partial charge in [-0.25, -0.2) is 9.98 Å². The van der Waals surface area contributed by atoms with Crippen LogP contribution in [0.1, 0.15) is 17.5 Å². The standard InChI is InChI=1S/C21H29N5O2.HI/c22-21(24-10-5-11-26-12-14-27-15-13-26)25-16-19-8-4-9-23-20(19)28-17-18-6-2-1-3-7-18;/h1-4,6-9H,5,10-17H2,(H3,22,24,25);1H. The molecule has 3 rings (SSSR count). The Morgan fingerprint density at radius 2 is 1.97 bits per heavy atom. The minimum atomic E-state index is 0. The monoisotopic (exact) mass is 511 g/mol. The van der Waals surface area contributed by atoms with Gasteiger partial charge in [-0.2, -0.15) is 0 Å². The van der Waals surface area contributed by atoms with Crippen molar-refractivity contribution in [3.05, 3.63) is 59.8 Å². The van der Waals surface area contributed by atoms with Crippen LogP contribution in [0, 0.1) is 0 Å². The predicted octanol–water partition coefficient (Wildman–Crippen LogP) is 2.41. The number of halogens is 1. The van der Waals surface area contributed by atoms with Gasteiger partial charge in [0.05, 0.1) is 19.8 Å². The quantitative estimate of drug-likeness (QED) is 0.233. The van der Waals surface area contributed by atoms with E-state index < -0.39 is 0 Å². The molecular formula is C21H30IN5O2.